The normalized spacial score (nSPS) is 17.8. The maximum atomic E-state index is 4.74. The van der Waals surface area contributed by atoms with Gasteiger partial charge in [0.2, 0.25) is 0 Å². The standard InChI is InChI=1S/C20H27N4.Cs/c1-15(2)24-12-8-11-22(4)17(14-24)13-16(3)20-21-18-9-6-7-10-19(18)23(20)5;/h6-7,9-10,15H,3,8,11-12,14H2,1-2,4-5H3;/q-1;+1. The minimum absolute atomic E-state index is 0. The summed E-state index contributed by atoms with van der Waals surface area (Å²) in [5.74, 6) is 0.887. The number of nitrogens with zero attached hydrogens (tertiary/aromatic N) is 4. The molecule has 1 aromatic carbocycles. The van der Waals surface area contributed by atoms with E-state index in [-0.39, 0.29) is 68.9 Å². The van der Waals surface area contributed by atoms with Gasteiger partial charge in [-0.25, -0.2) is 0 Å². The summed E-state index contributed by atoms with van der Waals surface area (Å²) in [7, 11) is 4.19. The van der Waals surface area contributed by atoms with Crippen LogP contribution in [0.1, 0.15) is 26.1 Å². The molecule has 0 aliphatic carbocycles. The van der Waals surface area contributed by atoms with Gasteiger partial charge in [0.25, 0.3) is 0 Å². The largest absolute Gasteiger partial charge is 1.00 e. The smallest absolute Gasteiger partial charge is 0.388 e. The Balaban J connectivity index is 0.00000225. The Kier molecular flexibility index (Phi) is 7.88. The fraction of sp³-hybridized carbons (Fsp3) is 0.450. The third-order valence-electron chi connectivity index (χ3n) is 4.84. The summed E-state index contributed by atoms with van der Waals surface area (Å²) in [6, 6.07) is 8.72. The predicted octanol–water partition coefficient (Wildman–Crippen LogP) is 0.323. The first-order valence-electron chi connectivity index (χ1n) is 8.66. The topological polar surface area (TPSA) is 24.3 Å². The number of rotatable bonds is 3. The van der Waals surface area contributed by atoms with Crippen LogP contribution in [0.2, 0.25) is 0 Å². The number of allylic oxidation sites excluding steroid dienone is 2. The summed E-state index contributed by atoms with van der Waals surface area (Å²) in [5, 5.41) is 0. The van der Waals surface area contributed by atoms with Gasteiger partial charge in [0, 0.05) is 45.6 Å². The van der Waals surface area contributed by atoms with E-state index in [9.17, 15) is 0 Å². The minimum Gasteiger partial charge on any atom is -0.388 e. The van der Waals surface area contributed by atoms with Gasteiger partial charge in [0.1, 0.15) is 0 Å². The number of hydrogen-bond acceptors (Lipinski definition) is 3. The number of imidazole rings is 1. The quantitative estimate of drug-likeness (QED) is 0.623. The molecule has 0 atom stereocenters. The fourth-order valence-electron chi connectivity index (χ4n) is 3.26. The van der Waals surface area contributed by atoms with Gasteiger partial charge in [0.05, 0.1) is 11.0 Å². The van der Waals surface area contributed by atoms with Gasteiger partial charge >= 0.3 is 68.9 Å². The second-order valence-electron chi connectivity index (χ2n) is 6.87. The summed E-state index contributed by atoms with van der Waals surface area (Å²) in [6.45, 7) is 11.9. The van der Waals surface area contributed by atoms with Gasteiger partial charge in [-0.1, -0.05) is 12.1 Å². The molecule has 25 heavy (non-hydrogen) atoms. The van der Waals surface area contributed by atoms with Crippen LogP contribution in [0.25, 0.3) is 16.6 Å². The summed E-state index contributed by atoms with van der Waals surface area (Å²) in [4.78, 5) is 9.53. The molecule has 2 heterocycles. The molecule has 0 bridgehead atoms. The van der Waals surface area contributed by atoms with Crippen molar-refractivity contribution < 1.29 is 68.9 Å². The van der Waals surface area contributed by atoms with Gasteiger partial charge in [-0.15, -0.1) is 0 Å². The van der Waals surface area contributed by atoms with E-state index in [1.54, 1.807) is 0 Å². The summed E-state index contributed by atoms with van der Waals surface area (Å²) in [5.41, 5.74) is 4.17. The molecule has 0 radical (unpaired) electrons. The van der Waals surface area contributed by atoms with Gasteiger partial charge < -0.3 is 9.47 Å². The molecule has 1 aromatic heterocycles. The maximum absolute atomic E-state index is 4.74. The molecule has 1 aliphatic heterocycles. The van der Waals surface area contributed by atoms with Crippen LogP contribution in [-0.2, 0) is 7.05 Å². The van der Waals surface area contributed by atoms with E-state index in [2.05, 4.69) is 54.0 Å². The summed E-state index contributed by atoms with van der Waals surface area (Å²) < 4.78 is 2.10. The first-order chi connectivity index (χ1) is 11.5. The van der Waals surface area contributed by atoms with Crippen LogP contribution >= 0.6 is 0 Å². The third-order valence-corrected chi connectivity index (χ3v) is 4.84. The van der Waals surface area contributed by atoms with Crippen LogP contribution in [0.5, 0.6) is 0 Å². The average molecular weight is 456 g/mol. The molecule has 0 saturated carbocycles. The fourth-order valence-corrected chi connectivity index (χ4v) is 3.26. The Hall–Kier alpha value is -0.0181. The van der Waals surface area contributed by atoms with Crippen LogP contribution < -0.4 is 68.9 Å². The zero-order valence-electron chi connectivity index (χ0n) is 16.2. The van der Waals surface area contributed by atoms with E-state index in [4.69, 9.17) is 4.98 Å². The Bertz CT molecular complexity index is 775. The van der Waals surface area contributed by atoms with E-state index in [0.717, 1.165) is 42.1 Å². The predicted molar refractivity (Wildman–Crippen MR) is 100 cm³/mol. The van der Waals surface area contributed by atoms with Crippen LogP contribution in [0.15, 0.2) is 36.5 Å². The Morgan fingerprint density at radius 3 is 2.60 bits per heavy atom. The van der Waals surface area contributed by atoms with Crippen molar-refractivity contribution in [2.45, 2.75) is 26.3 Å². The molecule has 1 saturated heterocycles. The number of aryl methyl sites for hydroxylation is 1. The second kappa shape index (κ2) is 9.26. The van der Waals surface area contributed by atoms with Crippen molar-refractivity contribution >= 4 is 16.6 Å². The van der Waals surface area contributed by atoms with Gasteiger partial charge in [-0.2, -0.15) is 18.2 Å². The van der Waals surface area contributed by atoms with E-state index in [1.807, 2.05) is 25.2 Å². The van der Waals surface area contributed by atoms with Crippen LogP contribution in [-0.4, -0.2) is 52.1 Å². The van der Waals surface area contributed by atoms with Crippen molar-refractivity contribution in [3.8, 4) is 0 Å². The van der Waals surface area contributed by atoms with Crippen molar-refractivity contribution in [1.82, 2.24) is 19.4 Å². The molecule has 128 valence electrons. The van der Waals surface area contributed by atoms with E-state index >= 15 is 0 Å². The Morgan fingerprint density at radius 2 is 1.92 bits per heavy atom. The molecular weight excluding hydrogens is 429 g/mol. The molecule has 3 rings (SSSR count). The van der Waals surface area contributed by atoms with Crippen LogP contribution in [0.3, 0.4) is 0 Å². The first-order valence-corrected chi connectivity index (χ1v) is 8.66. The molecule has 4 nitrogen and oxygen atoms in total. The van der Waals surface area contributed by atoms with Crippen LogP contribution in [0.4, 0.5) is 0 Å². The van der Waals surface area contributed by atoms with E-state index in [1.165, 1.54) is 12.1 Å². The van der Waals surface area contributed by atoms with Crippen LogP contribution in [0, 0.1) is 6.08 Å². The average Bonchev–Trinajstić information content (AvgIpc) is 2.78. The number of para-hydroxylation sites is 2. The zero-order valence-corrected chi connectivity index (χ0v) is 22.5. The zero-order chi connectivity index (χ0) is 17.3. The molecule has 0 amide bonds. The molecule has 1 fully saturated rings. The molecular formula is C20H27CsN4. The molecule has 1 aliphatic rings. The first kappa shape index (κ1) is 21.3. The number of hydrogen-bond donors (Lipinski definition) is 0. The van der Waals surface area contributed by atoms with Gasteiger partial charge in [-0.3, -0.25) is 9.88 Å². The van der Waals surface area contributed by atoms with Crippen molar-refractivity contribution in [1.29, 1.82) is 0 Å². The Morgan fingerprint density at radius 1 is 1.20 bits per heavy atom. The van der Waals surface area contributed by atoms with Crippen molar-refractivity contribution in [2.75, 3.05) is 26.7 Å². The molecule has 2 aromatic rings. The monoisotopic (exact) mass is 456 g/mol. The number of aromatic nitrogens is 2. The summed E-state index contributed by atoms with van der Waals surface area (Å²) >= 11 is 0. The molecule has 0 N–H and O–H groups in total. The SMILES string of the molecule is C=C([C-]=C1CN(C(C)C)CCCN1C)c1nc2ccccc2n1C.[Cs+]. The minimum atomic E-state index is 0. The Labute approximate surface area is 210 Å². The van der Waals surface area contributed by atoms with Crippen molar-refractivity contribution in [3.63, 3.8) is 0 Å². The van der Waals surface area contributed by atoms with E-state index < -0.39 is 0 Å². The van der Waals surface area contributed by atoms with Gasteiger partial charge in [-0.05, 0) is 38.1 Å². The third kappa shape index (κ3) is 4.83. The molecule has 0 spiro atoms. The second-order valence-corrected chi connectivity index (χ2v) is 6.87. The molecule has 0 unspecified atom stereocenters. The summed E-state index contributed by atoms with van der Waals surface area (Å²) in [6.07, 6.45) is 4.71. The van der Waals surface area contributed by atoms with Gasteiger partial charge in [0.15, 0.2) is 0 Å². The van der Waals surface area contributed by atoms with E-state index in [0.29, 0.717) is 6.04 Å². The van der Waals surface area contributed by atoms with Crippen molar-refractivity contribution in [3.05, 3.63) is 48.4 Å². The number of likely N-dealkylation sites (N-methyl/N-ethyl adjacent to an activating group) is 1. The number of benzene rings is 1. The number of fused-ring (bicyclic) bond motifs is 1. The maximum Gasteiger partial charge on any atom is 1.00 e. The molecule has 5 heteroatoms. The van der Waals surface area contributed by atoms with Crippen molar-refractivity contribution in [2.24, 2.45) is 7.05 Å².